The fraction of sp³-hybridized carbons (Fsp3) is 0.467. The molecule has 1 saturated carbocycles. The van der Waals surface area contributed by atoms with Gasteiger partial charge in [0.05, 0.1) is 12.5 Å². The van der Waals surface area contributed by atoms with Gasteiger partial charge in [0, 0.05) is 0 Å². The molecule has 0 atom stereocenters. The Labute approximate surface area is 117 Å². The van der Waals surface area contributed by atoms with Crippen molar-refractivity contribution in [1.82, 2.24) is 5.32 Å². The summed E-state index contributed by atoms with van der Waals surface area (Å²) in [6.45, 7) is -0.343. The standard InChI is InChI=1S/C15H19NO4/c1-20-12-6-4-5-11(9-12)15(7-2-3-8-15)14(19)16-10-13(17)18/h4-6,9H,2-3,7-8,10H2,1H3,(H,16,19)(H,17,18). The van der Waals surface area contributed by atoms with E-state index in [0.29, 0.717) is 5.75 Å². The molecule has 0 saturated heterocycles. The predicted octanol–water partition coefficient (Wildman–Crippen LogP) is 1.71. The lowest BCUT2D eigenvalue weighted by Crippen LogP contribution is -2.44. The number of rotatable bonds is 5. The predicted molar refractivity (Wildman–Crippen MR) is 73.8 cm³/mol. The largest absolute Gasteiger partial charge is 0.497 e. The van der Waals surface area contributed by atoms with E-state index in [9.17, 15) is 9.59 Å². The molecule has 0 radical (unpaired) electrons. The summed E-state index contributed by atoms with van der Waals surface area (Å²) in [5.74, 6) is -0.525. The first-order valence-electron chi connectivity index (χ1n) is 6.73. The number of methoxy groups -OCH3 is 1. The lowest BCUT2D eigenvalue weighted by molar-refractivity contribution is -0.138. The van der Waals surface area contributed by atoms with Crippen LogP contribution in [0.25, 0.3) is 0 Å². The Morgan fingerprint density at radius 1 is 1.35 bits per heavy atom. The minimum Gasteiger partial charge on any atom is -0.497 e. The lowest BCUT2D eigenvalue weighted by Gasteiger charge is -2.28. The molecule has 0 unspecified atom stereocenters. The zero-order valence-electron chi connectivity index (χ0n) is 11.5. The van der Waals surface area contributed by atoms with Crippen LogP contribution < -0.4 is 10.1 Å². The number of carboxylic acids is 1. The van der Waals surface area contributed by atoms with Crippen LogP contribution in [0.2, 0.25) is 0 Å². The van der Waals surface area contributed by atoms with Crippen LogP contribution in [0.1, 0.15) is 31.2 Å². The Bertz CT molecular complexity index is 506. The number of hydrogen-bond acceptors (Lipinski definition) is 3. The van der Waals surface area contributed by atoms with Crippen LogP contribution in [0.4, 0.5) is 0 Å². The molecule has 1 aliphatic rings. The van der Waals surface area contributed by atoms with Crippen molar-refractivity contribution in [3.63, 3.8) is 0 Å². The Hall–Kier alpha value is -2.04. The van der Waals surface area contributed by atoms with E-state index in [1.807, 2.05) is 24.3 Å². The van der Waals surface area contributed by atoms with Crippen LogP contribution in [0.5, 0.6) is 5.75 Å². The molecule has 2 N–H and O–H groups in total. The number of amides is 1. The highest BCUT2D eigenvalue weighted by Crippen LogP contribution is 2.42. The SMILES string of the molecule is COc1cccc(C2(C(=O)NCC(=O)O)CCCC2)c1. The maximum absolute atomic E-state index is 12.5. The molecule has 0 bridgehead atoms. The number of nitrogens with one attached hydrogen (secondary N) is 1. The summed E-state index contributed by atoms with van der Waals surface area (Å²) in [5.41, 5.74) is 0.279. The third kappa shape index (κ3) is 2.76. The summed E-state index contributed by atoms with van der Waals surface area (Å²) in [7, 11) is 1.59. The van der Waals surface area contributed by atoms with Crippen LogP contribution in [0.15, 0.2) is 24.3 Å². The lowest BCUT2D eigenvalue weighted by atomic mass is 9.78. The van der Waals surface area contributed by atoms with Gasteiger partial charge in [0.15, 0.2) is 0 Å². The van der Waals surface area contributed by atoms with Gasteiger partial charge in [-0.15, -0.1) is 0 Å². The van der Waals surface area contributed by atoms with Crippen molar-refractivity contribution in [3.8, 4) is 5.75 Å². The molecule has 20 heavy (non-hydrogen) atoms. The van der Waals surface area contributed by atoms with Gasteiger partial charge < -0.3 is 15.2 Å². The van der Waals surface area contributed by atoms with Crippen LogP contribution in [0.3, 0.4) is 0 Å². The quantitative estimate of drug-likeness (QED) is 0.859. The van der Waals surface area contributed by atoms with E-state index in [0.717, 1.165) is 31.2 Å². The number of ether oxygens (including phenoxy) is 1. The van der Waals surface area contributed by atoms with Gasteiger partial charge in [0.25, 0.3) is 0 Å². The topological polar surface area (TPSA) is 75.6 Å². The van der Waals surface area contributed by atoms with Gasteiger partial charge in [0.2, 0.25) is 5.91 Å². The van der Waals surface area contributed by atoms with Crippen LogP contribution in [-0.2, 0) is 15.0 Å². The zero-order valence-corrected chi connectivity index (χ0v) is 11.5. The highest BCUT2D eigenvalue weighted by Gasteiger charge is 2.42. The van der Waals surface area contributed by atoms with E-state index < -0.39 is 11.4 Å². The number of carbonyl (C=O) groups is 2. The highest BCUT2D eigenvalue weighted by atomic mass is 16.5. The molecule has 0 spiro atoms. The molecule has 1 aliphatic carbocycles. The normalized spacial score (nSPS) is 16.6. The fourth-order valence-electron chi connectivity index (χ4n) is 2.87. The Balaban J connectivity index is 2.28. The summed E-state index contributed by atoms with van der Waals surface area (Å²) < 4.78 is 5.21. The maximum atomic E-state index is 12.5. The first-order valence-corrected chi connectivity index (χ1v) is 6.73. The van der Waals surface area contributed by atoms with Crippen molar-refractivity contribution in [2.24, 2.45) is 0 Å². The average Bonchev–Trinajstić information content (AvgIpc) is 2.95. The minimum absolute atomic E-state index is 0.203. The number of hydrogen-bond donors (Lipinski definition) is 2. The Morgan fingerprint density at radius 2 is 2.05 bits per heavy atom. The highest BCUT2D eigenvalue weighted by molar-refractivity contribution is 5.90. The molecule has 0 heterocycles. The van der Waals surface area contributed by atoms with Crippen molar-refractivity contribution in [2.75, 3.05) is 13.7 Å². The summed E-state index contributed by atoms with van der Waals surface area (Å²) >= 11 is 0. The zero-order chi connectivity index (χ0) is 14.6. The van der Waals surface area contributed by atoms with Crippen molar-refractivity contribution in [3.05, 3.63) is 29.8 Å². The summed E-state index contributed by atoms with van der Waals surface area (Å²) in [4.78, 5) is 23.1. The van der Waals surface area contributed by atoms with Crippen molar-refractivity contribution in [2.45, 2.75) is 31.1 Å². The second-order valence-electron chi connectivity index (χ2n) is 5.10. The molecular formula is C15H19NO4. The summed E-state index contributed by atoms with van der Waals surface area (Å²) in [6.07, 6.45) is 3.42. The van der Waals surface area contributed by atoms with Gasteiger partial charge in [0.1, 0.15) is 12.3 Å². The van der Waals surface area contributed by atoms with E-state index in [1.165, 1.54) is 0 Å². The first-order chi connectivity index (χ1) is 9.58. The van der Waals surface area contributed by atoms with Crippen molar-refractivity contribution in [1.29, 1.82) is 0 Å². The fourth-order valence-corrected chi connectivity index (χ4v) is 2.87. The molecule has 1 fully saturated rings. The Morgan fingerprint density at radius 3 is 2.65 bits per heavy atom. The van der Waals surface area contributed by atoms with Gasteiger partial charge >= 0.3 is 5.97 Å². The van der Waals surface area contributed by atoms with Crippen LogP contribution in [-0.4, -0.2) is 30.6 Å². The molecule has 5 heteroatoms. The van der Waals surface area contributed by atoms with Crippen molar-refractivity contribution >= 4 is 11.9 Å². The third-order valence-electron chi connectivity index (χ3n) is 3.91. The number of aliphatic carboxylic acids is 1. The Kier molecular flexibility index (Phi) is 4.27. The molecule has 5 nitrogen and oxygen atoms in total. The van der Waals surface area contributed by atoms with E-state index in [1.54, 1.807) is 7.11 Å². The van der Waals surface area contributed by atoms with Gasteiger partial charge in [-0.2, -0.15) is 0 Å². The van der Waals surface area contributed by atoms with E-state index in [-0.39, 0.29) is 12.5 Å². The first kappa shape index (κ1) is 14.4. The maximum Gasteiger partial charge on any atom is 0.322 e. The molecule has 0 aromatic heterocycles. The third-order valence-corrected chi connectivity index (χ3v) is 3.91. The number of carbonyl (C=O) groups excluding carboxylic acids is 1. The van der Waals surface area contributed by atoms with Gasteiger partial charge in [-0.1, -0.05) is 25.0 Å². The average molecular weight is 277 g/mol. The summed E-state index contributed by atoms with van der Waals surface area (Å²) in [5, 5.41) is 11.2. The molecule has 1 aromatic rings. The summed E-state index contributed by atoms with van der Waals surface area (Å²) in [6, 6.07) is 7.47. The molecule has 1 amide bonds. The number of carboxylic acid groups (broad SMARTS) is 1. The molecule has 0 aliphatic heterocycles. The van der Waals surface area contributed by atoms with E-state index in [2.05, 4.69) is 5.32 Å². The molecular weight excluding hydrogens is 258 g/mol. The van der Waals surface area contributed by atoms with Crippen LogP contribution >= 0.6 is 0 Å². The second kappa shape index (κ2) is 5.94. The van der Waals surface area contributed by atoms with Gasteiger partial charge in [-0.25, -0.2) is 0 Å². The smallest absolute Gasteiger partial charge is 0.322 e. The van der Waals surface area contributed by atoms with Gasteiger partial charge in [-0.05, 0) is 30.5 Å². The van der Waals surface area contributed by atoms with E-state index in [4.69, 9.17) is 9.84 Å². The molecule has 108 valence electrons. The number of benzene rings is 1. The van der Waals surface area contributed by atoms with Gasteiger partial charge in [-0.3, -0.25) is 9.59 Å². The van der Waals surface area contributed by atoms with Crippen LogP contribution in [0, 0.1) is 0 Å². The molecule has 2 rings (SSSR count). The minimum atomic E-state index is -1.03. The second-order valence-corrected chi connectivity index (χ2v) is 5.10. The monoisotopic (exact) mass is 277 g/mol. The molecule has 1 aromatic carbocycles. The van der Waals surface area contributed by atoms with Crippen molar-refractivity contribution < 1.29 is 19.4 Å². The van der Waals surface area contributed by atoms with E-state index >= 15 is 0 Å².